The minimum atomic E-state index is -0.441. The number of amides is 1. The fraction of sp³-hybridized carbons (Fsp3) is 0.636. The van der Waals surface area contributed by atoms with Gasteiger partial charge in [0.15, 0.2) is 0 Å². The fourth-order valence-corrected chi connectivity index (χ4v) is 1.61. The number of hydrogen-bond acceptors (Lipinski definition) is 5. The van der Waals surface area contributed by atoms with Crippen molar-refractivity contribution in [2.45, 2.75) is 38.8 Å². The van der Waals surface area contributed by atoms with Crippen LogP contribution in [0.4, 0.5) is 0 Å². The van der Waals surface area contributed by atoms with Crippen molar-refractivity contribution in [2.24, 2.45) is 5.73 Å². The molecule has 0 spiro atoms. The van der Waals surface area contributed by atoms with Gasteiger partial charge in [0, 0.05) is 20.1 Å². The van der Waals surface area contributed by atoms with Crippen LogP contribution >= 0.6 is 0 Å². The Balaban J connectivity index is 2.68. The van der Waals surface area contributed by atoms with Gasteiger partial charge in [0.05, 0.1) is 30.5 Å². The van der Waals surface area contributed by atoms with Crippen LogP contribution in [0.5, 0.6) is 0 Å². The van der Waals surface area contributed by atoms with Gasteiger partial charge in [0.1, 0.15) is 0 Å². The highest BCUT2D eigenvalue weighted by molar-refractivity contribution is 5.76. The molecule has 0 saturated carbocycles. The molecule has 0 atom stereocenters. The van der Waals surface area contributed by atoms with Gasteiger partial charge >= 0.3 is 0 Å². The Morgan fingerprint density at radius 1 is 1.56 bits per heavy atom. The largest absolute Gasteiger partial charge is 0.378 e. The van der Waals surface area contributed by atoms with Crippen molar-refractivity contribution in [1.29, 1.82) is 5.26 Å². The van der Waals surface area contributed by atoms with Gasteiger partial charge in [-0.15, -0.1) is 5.10 Å². The zero-order chi connectivity index (χ0) is 13.4. The average Bonchev–Trinajstić information content (AvgIpc) is 2.68. The van der Waals surface area contributed by atoms with E-state index in [1.807, 2.05) is 0 Å². The minimum absolute atomic E-state index is 0.0664. The Morgan fingerprint density at radius 3 is 2.94 bits per heavy atom. The summed E-state index contributed by atoms with van der Waals surface area (Å²) in [5.74, 6) is -0.441. The molecule has 2 N–H and O–H groups in total. The number of aryl methyl sites for hydroxylation is 1. The summed E-state index contributed by atoms with van der Waals surface area (Å²) in [5, 5.41) is 16.4. The number of aromatic nitrogens is 3. The van der Waals surface area contributed by atoms with Gasteiger partial charge < -0.3 is 10.5 Å². The number of methoxy groups -OCH3 is 1. The molecule has 7 nitrogen and oxygen atoms in total. The SMILES string of the molecule is COCc1c(CC(N)=O)nnn1CCCCC#N. The lowest BCUT2D eigenvalue weighted by atomic mass is 10.2. The monoisotopic (exact) mass is 251 g/mol. The second kappa shape index (κ2) is 7.40. The van der Waals surface area contributed by atoms with Gasteiger partial charge in [-0.25, -0.2) is 4.68 Å². The van der Waals surface area contributed by atoms with E-state index in [4.69, 9.17) is 15.7 Å². The van der Waals surface area contributed by atoms with Crippen molar-refractivity contribution in [3.63, 3.8) is 0 Å². The van der Waals surface area contributed by atoms with Crippen LogP contribution in [-0.4, -0.2) is 28.0 Å². The molecule has 1 aromatic rings. The molecule has 0 saturated heterocycles. The number of nitriles is 1. The fourth-order valence-electron chi connectivity index (χ4n) is 1.61. The number of unbranched alkanes of at least 4 members (excludes halogenated alkanes) is 2. The van der Waals surface area contributed by atoms with Crippen LogP contribution in [0.25, 0.3) is 0 Å². The maximum atomic E-state index is 10.9. The zero-order valence-corrected chi connectivity index (χ0v) is 10.4. The van der Waals surface area contributed by atoms with Gasteiger partial charge in [-0.05, 0) is 12.8 Å². The number of nitrogens with two attached hydrogens (primary N) is 1. The third-order valence-corrected chi connectivity index (χ3v) is 2.45. The molecule has 0 fully saturated rings. The van der Waals surface area contributed by atoms with E-state index in [0.717, 1.165) is 18.5 Å². The molecule has 1 amide bonds. The predicted molar refractivity (Wildman–Crippen MR) is 63.1 cm³/mol. The van der Waals surface area contributed by atoms with Crippen molar-refractivity contribution in [1.82, 2.24) is 15.0 Å². The topological polar surface area (TPSA) is 107 Å². The molecule has 0 aromatic carbocycles. The van der Waals surface area contributed by atoms with E-state index in [-0.39, 0.29) is 6.42 Å². The highest BCUT2D eigenvalue weighted by atomic mass is 16.5. The van der Waals surface area contributed by atoms with Crippen molar-refractivity contribution >= 4 is 5.91 Å². The number of ether oxygens (including phenoxy) is 1. The predicted octanol–water partition coefficient (Wildman–Crippen LogP) is 0.146. The molecule has 98 valence electrons. The average molecular weight is 251 g/mol. The number of nitrogens with zero attached hydrogens (tertiary/aromatic N) is 4. The summed E-state index contributed by atoms with van der Waals surface area (Å²) < 4.78 is 6.78. The number of rotatable bonds is 8. The maximum absolute atomic E-state index is 10.9. The van der Waals surface area contributed by atoms with E-state index < -0.39 is 5.91 Å². The molecule has 0 aliphatic rings. The number of hydrogen-bond donors (Lipinski definition) is 1. The summed E-state index contributed by atoms with van der Waals surface area (Å²) in [4.78, 5) is 10.9. The highest BCUT2D eigenvalue weighted by Gasteiger charge is 2.14. The summed E-state index contributed by atoms with van der Waals surface area (Å²) in [7, 11) is 1.57. The Morgan fingerprint density at radius 2 is 2.33 bits per heavy atom. The van der Waals surface area contributed by atoms with E-state index in [0.29, 0.717) is 25.3 Å². The van der Waals surface area contributed by atoms with Crippen molar-refractivity contribution in [2.75, 3.05) is 7.11 Å². The highest BCUT2D eigenvalue weighted by Crippen LogP contribution is 2.09. The van der Waals surface area contributed by atoms with Crippen LogP contribution in [0.15, 0.2) is 0 Å². The van der Waals surface area contributed by atoms with E-state index >= 15 is 0 Å². The molecular formula is C11H17N5O2. The zero-order valence-electron chi connectivity index (χ0n) is 10.4. The molecule has 1 heterocycles. The van der Waals surface area contributed by atoms with Gasteiger partial charge in [-0.1, -0.05) is 5.21 Å². The van der Waals surface area contributed by atoms with Crippen molar-refractivity contribution in [3.8, 4) is 6.07 Å². The summed E-state index contributed by atoms with van der Waals surface area (Å²) in [6.07, 6.45) is 2.25. The first-order valence-electron chi connectivity index (χ1n) is 5.74. The number of carbonyl (C=O) groups excluding carboxylic acids is 1. The van der Waals surface area contributed by atoms with Gasteiger partial charge in [-0.2, -0.15) is 5.26 Å². The van der Waals surface area contributed by atoms with Crippen molar-refractivity contribution < 1.29 is 9.53 Å². The molecule has 0 radical (unpaired) electrons. The number of primary amides is 1. The lowest BCUT2D eigenvalue weighted by molar-refractivity contribution is -0.117. The molecule has 1 rings (SSSR count). The first-order chi connectivity index (χ1) is 8.69. The molecule has 7 heteroatoms. The molecule has 0 unspecified atom stereocenters. The molecular weight excluding hydrogens is 234 g/mol. The second-order valence-corrected chi connectivity index (χ2v) is 3.90. The lowest BCUT2D eigenvalue weighted by Crippen LogP contribution is -2.16. The van der Waals surface area contributed by atoms with E-state index in [1.54, 1.807) is 11.8 Å². The van der Waals surface area contributed by atoms with E-state index in [1.165, 1.54) is 0 Å². The van der Waals surface area contributed by atoms with Crippen LogP contribution < -0.4 is 5.73 Å². The first-order valence-corrected chi connectivity index (χ1v) is 5.74. The molecule has 0 aliphatic heterocycles. The quantitative estimate of drug-likeness (QED) is 0.661. The Labute approximate surface area is 106 Å². The normalized spacial score (nSPS) is 10.2. The molecule has 0 aliphatic carbocycles. The summed E-state index contributed by atoms with van der Waals surface area (Å²) in [6.45, 7) is 1.000. The van der Waals surface area contributed by atoms with Gasteiger partial charge in [-0.3, -0.25) is 4.79 Å². The lowest BCUT2D eigenvalue weighted by Gasteiger charge is -2.06. The van der Waals surface area contributed by atoms with Crippen LogP contribution in [0.1, 0.15) is 30.7 Å². The standard InChI is InChI=1S/C11H17N5O2/c1-18-8-10-9(7-11(13)17)14-15-16(10)6-4-2-3-5-12/h2-4,6-8H2,1H3,(H2,13,17). The van der Waals surface area contributed by atoms with E-state index in [2.05, 4.69) is 16.4 Å². The Hall–Kier alpha value is -1.94. The summed E-state index contributed by atoms with van der Waals surface area (Å²) in [6, 6.07) is 2.09. The van der Waals surface area contributed by atoms with Crippen LogP contribution in [-0.2, 0) is 29.1 Å². The minimum Gasteiger partial charge on any atom is -0.378 e. The number of carbonyl (C=O) groups is 1. The second-order valence-electron chi connectivity index (χ2n) is 3.90. The smallest absolute Gasteiger partial charge is 0.223 e. The molecule has 0 bridgehead atoms. The summed E-state index contributed by atoms with van der Waals surface area (Å²) in [5.41, 5.74) is 6.48. The third-order valence-electron chi connectivity index (χ3n) is 2.45. The molecule has 18 heavy (non-hydrogen) atoms. The Bertz CT molecular complexity index is 435. The summed E-state index contributed by atoms with van der Waals surface area (Å²) >= 11 is 0. The van der Waals surface area contributed by atoms with Crippen LogP contribution in [0.3, 0.4) is 0 Å². The van der Waals surface area contributed by atoms with Crippen molar-refractivity contribution in [3.05, 3.63) is 11.4 Å². The van der Waals surface area contributed by atoms with Gasteiger partial charge in [0.2, 0.25) is 5.91 Å². The van der Waals surface area contributed by atoms with E-state index in [9.17, 15) is 4.79 Å². The maximum Gasteiger partial charge on any atom is 0.223 e. The first kappa shape index (κ1) is 14.1. The van der Waals surface area contributed by atoms with Gasteiger partial charge in [0.25, 0.3) is 0 Å². The van der Waals surface area contributed by atoms with Crippen LogP contribution in [0.2, 0.25) is 0 Å². The third kappa shape index (κ3) is 4.14. The Kier molecular flexibility index (Phi) is 5.80. The molecule has 1 aromatic heterocycles. The van der Waals surface area contributed by atoms with Crippen LogP contribution in [0, 0.1) is 11.3 Å².